The van der Waals surface area contributed by atoms with Gasteiger partial charge in [-0.25, -0.2) is 10.1 Å². The molecule has 27 heteroatoms. The number of aromatic amines is 1. The molecular formula is C21H20F17N3O7. The van der Waals surface area contributed by atoms with Crippen molar-refractivity contribution in [2.45, 2.75) is 84.8 Å². The van der Waals surface area contributed by atoms with Crippen molar-refractivity contribution < 1.29 is 99.4 Å². The van der Waals surface area contributed by atoms with Crippen LogP contribution in [0.2, 0.25) is 0 Å². The highest BCUT2D eigenvalue weighted by atomic mass is 19.4. The summed E-state index contributed by atoms with van der Waals surface area (Å²) in [5.41, 5.74) is -2.16. The lowest BCUT2D eigenvalue weighted by Gasteiger charge is -2.43. The Kier molecular flexibility index (Phi) is 11.4. The van der Waals surface area contributed by atoms with E-state index in [2.05, 4.69) is 0 Å². The number of nitrogens with one attached hydrogen (secondary N) is 2. The second-order valence-electron chi connectivity index (χ2n) is 9.92. The number of aliphatic hydroxyl groups excluding tert-OH is 3. The van der Waals surface area contributed by atoms with E-state index in [9.17, 15) is 99.5 Å². The van der Waals surface area contributed by atoms with Crippen molar-refractivity contribution in [2.24, 2.45) is 0 Å². The van der Waals surface area contributed by atoms with Crippen LogP contribution in [0.1, 0.15) is 12.6 Å². The minimum Gasteiger partial charge on any atom is -0.395 e. The maximum atomic E-state index is 14.3. The molecule has 1 aromatic heterocycles. The predicted octanol–water partition coefficient (Wildman–Crippen LogP) is 2.48. The van der Waals surface area contributed by atoms with E-state index >= 15 is 0 Å². The van der Waals surface area contributed by atoms with Crippen LogP contribution in [0, 0.1) is 0 Å². The second kappa shape index (κ2) is 13.2. The normalized spacial score (nSPS) is 23.1. The minimum absolute atomic E-state index is 0.105. The fourth-order valence-corrected chi connectivity index (χ4v) is 3.97. The molecule has 0 amide bonds. The number of aliphatic hydroxyl groups is 3. The molecule has 0 bridgehead atoms. The number of rotatable bonds is 15. The van der Waals surface area contributed by atoms with Crippen molar-refractivity contribution in [1.82, 2.24) is 14.9 Å². The highest BCUT2D eigenvalue weighted by Crippen LogP contribution is 2.63. The fraction of sp³-hybridized carbons (Fsp3) is 0.810. The number of aromatic nitrogens is 2. The molecular weight excluding hydrogens is 729 g/mol. The summed E-state index contributed by atoms with van der Waals surface area (Å²) in [7, 11) is 0. The van der Waals surface area contributed by atoms with Gasteiger partial charge in [0.1, 0.15) is 18.3 Å². The maximum absolute atomic E-state index is 14.3. The quantitative estimate of drug-likeness (QED) is 0.136. The Bertz CT molecular complexity index is 1380. The minimum atomic E-state index is -8.80. The summed E-state index contributed by atoms with van der Waals surface area (Å²) in [5.74, 6) is -51.1. The first-order valence-electron chi connectivity index (χ1n) is 12.4. The molecule has 1 fully saturated rings. The Morgan fingerprint density at radius 1 is 0.812 bits per heavy atom. The van der Waals surface area contributed by atoms with Gasteiger partial charge >= 0.3 is 53.4 Å². The molecule has 280 valence electrons. The largest absolute Gasteiger partial charge is 0.460 e. The van der Waals surface area contributed by atoms with Gasteiger partial charge in [0.2, 0.25) is 0 Å². The Labute approximate surface area is 253 Å². The SMILES string of the molecule is O=c1ccn([C@@H]2O[C@H](CO)C(O)[C@@H]2OCCC(CO)NC(F)(F)C(F)(F)C(F)(F)C(F)(F)C(F)(F)C(F)(F)C(F)(F)C(F)(F)F)c(=O)[nH]1. The Morgan fingerprint density at radius 3 is 1.73 bits per heavy atom. The highest BCUT2D eigenvalue weighted by Gasteiger charge is 2.95. The van der Waals surface area contributed by atoms with Gasteiger partial charge in [0.25, 0.3) is 5.56 Å². The lowest BCUT2D eigenvalue weighted by molar-refractivity contribution is -0.463. The standard InChI is InChI=1S/C21H20F17N3O7/c22-14(23,16(26,27)18(30,31)20(34,35)36)15(24,25)17(28,29)19(32,33)21(37,38)40-7(5-42)2-4-47-11-10(45)8(6-43)48-12(11)41-3-1-9(44)39-13(41)46/h1,3,7-8,10-12,40,42-43,45H,2,4-6H2,(H,39,44,46)/t7?,8-,10?,11+,12-/m1/s1. The van der Waals surface area contributed by atoms with Gasteiger partial charge in [0.15, 0.2) is 6.23 Å². The molecule has 0 radical (unpaired) electrons. The lowest BCUT2D eigenvalue weighted by Crippen LogP contribution is -2.76. The van der Waals surface area contributed by atoms with Crippen LogP contribution < -0.4 is 16.6 Å². The van der Waals surface area contributed by atoms with Gasteiger partial charge in [-0.15, -0.1) is 0 Å². The van der Waals surface area contributed by atoms with Crippen LogP contribution in [-0.4, -0.2) is 117 Å². The molecule has 48 heavy (non-hydrogen) atoms. The first-order valence-corrected chi connectivity index (χ1v) is 12.4. The van der Waals surface area contributed by atoms with Gasteiger partial charge in [0, 0.05) is 24.9 Å². The van der Waals surface area contributed by atoms with E-state index in [0.717, 1.165) is 12.3 Å². The smallest absolute Gasteiger partial charge is 0.395 e. The summed E-state index contributed by atoms with van der Waals surface area (Å²) < 4.78 is 240. The van der Waals surface area contributed by atoms with Crippen LogP contribution in [0.3, 0.4) is 0 Å². The monoisotopic (exact) mass is 749 g/mol. The third-order valence-corrected chi connectivity index (χ3v) is 6.72. The number of nitrogens with zero attached hydrogens (tertiary/aromatic N) is 1. The third kappa shape index (κ3) is 6.59. The Balaban J connectivity index is 2.32. The summed E-state index contributed by atoms with van der Waals surface area (Å²) in [4.78, 5) is 25.1. The van der Waals surface area contributed by atoms with Crippen molar-refractivity contribution in [3.63, 3.8) is 0 Å². The summed E-state index contributed by atoms with van der Waals surface area (Å²) in [6.07, 6.45) is -15.5. The molecule has 10 nitrogen and oxygen atoms in total. The highest BCUT2D eigenvalue weighted by molar-refractivity contribution is 5.15. The molecule has 5 atom stereocenters. The molecule has 0 spiro atoms. The van der Waals surface area contributed by atoms with Gasteiger partial charge in [-0.05, 0) is 6.42 Å². The zero-order valence-electron chi connectivity index (χ0n) is 22.7. The van der Waals surface area contributed by atoms with Crippen molar-refractivity contribution in [2.75, 3.05) is 19.8 Å². The van der Waals surface area contributed by atoms with Crippen molar-refractivity contribution in [1.29, 1.82) is 0 Å². The number of hydrogen-bond acceptors (Lipinski definition) is 8. The second-order valence-corrected chi connectivity index (χ2v) is 9.92. The summed E-state index contributed by atoms with van der Waals surface area (Å²) in [5, 5.41) is 28.9. The molecule has 0 aromatic carbocycles. The predicted molar refractivity (Wildman–Crippen MR) is 117 cm³/mol. The summed E-state index contributed by atoms with van der Waals surface area (Å²) >= 11 is 0. The van der Waals surface area contributed by atoms with Gasteiger partial charge in [0.05, 0.1) is 13.2 Å². The van der Waals surface area contributed by atoms with Crippen molar-refractivity contribution >= 4 is 0 Å². The van der Waals surface area contributed by atoms with E-state index in [0.29, 0.717) is 4.57 Å². The van der Waals surface area contributed by atoms with Gasteiger partial charge in [-0.2, -0.15) is 74.6 Å². The molecule has 5 N–H and O–H groups in total. The topological polar surface area (TPSA) is 146 Å². The molecule has 0 saturated carbocycles. The first-order chi connectivity index (χ1) is 21.4. The summed E-state index contributed by atoms with van der Waals surface area (Å²) in [6.45, 7) is -4.02. The van der Waals surface area contributed by atoms with E-state index in [1.165, 1.54) is 0 Å². The van der Waals surface area contributed by atoms with E-state index in [1.807, 2.05) is 0 Å². The van der Waals surface area contributed by atoms with E-state index in [1.54, 1.807) is 4.98 Å². The van der Waals surface area contributed by atoms with Crippen LogP contribution >= 0.6 is 0 Å². The Hall–Kier alpha value is -2.75. The average molecular weight is 749 g/mol. The first kappa shape index (κ1) is 41.4. The molecule has 2 unspecified atom stereocenters. The molecule has 1 aliphatic rings. The van der Waals surface area contributed by atoms with Crippen molar-refractivity contribution in [3.05, 3.63) is 33.1 Å². The molecule has 2 rings (SSSR count). The number of hydrogen-bond donors (Lipinski definition) is 5. The average Bonchev–Trinajstić information content (AvgIpc) is 3.25. The molecule has 0 aliphatic carbocycles. The number of ether oxygens (including phenoxy) is 2. The van der Waals surface area contributed by atoms with Crippen LogP contribution in [0.25, 0.3) is 0 Å². The van der Waals surface area contributed by atoms with Gasteiger partial charge in [-0.3, -0.25) is 14.3 Å². The molecule has 2 heterocycles. The molecule has 1 aliphatic heterocycles. The zero-order valence-corrected chi connectivity index (χ0v) is 22.7. The number of halogens is 17. The van der Waals surface area contributed by atoms with Crippen LogP contribution in [0.15, 0.2) is 21.9 Å². The van der Waals surface area contributed by atoms with E-state index in [4.69, 9.17) is 9.47 Å². The van der Waals surface area contributed by atoms with E-state index < -0.39 is 116 Å². The van der Waals surface area contributed by atoms with Crippen LogP contribution in [0.4, 0.5) is 74.6 Å². The van der Waals surface area contributed by atoms with Gasteiger partial charge < -0.3 is 24.8 Å². The zero-order chi connectivity index (χ0) is 37.7. The lowest BCUT2D eigenvalue weighted by atomic mass is 9.90. The van der Waals surface area contributed by atoms with Crippen molar-refractivity contribution in [3.8, 4) is 0 Å². The van der Waals surface area contributed by atoms with E-state index in [-0.39, 0.29) is 5.32 Å². The number of H-pyrrole nitrogens is 1. The van der Waals surface area contributed by atoms with Gasteiger partial charge in [-0.1, -0.05) is 0 Å². The van der Waals surface area contributed by atoms with Crippen LogP contribution in [-0.2, 0) is 9.47 Å². The maximum Gasteiger partial charge on any atom is 0.460 e. The summed E-state index contributed by atoms with van der Waals surface area (Å²) in [6, 6.07) is -8.99. The fourth-order valence-electron chi connectivity index (χ4n) is 3.97. The number of alkyl halides is 17. The molecule has 1 saturated heterocycles. The molecule has 1 aromatic rings. The third-order valence-electron chi connectivity index (χ3n) is 6.72. The Morgan fingerprint density at radius 2 is 1.29 bits per heavy atom. The van der Waals surface area contributed by atoms with Crippen LogP contribution in [0.5, 0.6) is 0 Å².